The molecule has 0 aliphatic heterocycles. The molecule has 0 aliphatic rings. The van der Waals surface area contributed by atoms with E-state index >= 15 is 0 Å². The van der Waals surface area contributed by atoms with Gasteiger partial charge in [-0.25, -0.2) is 9.18 Å². The van der Waals surface area contributed by atoms with Crippen molar-refractivity contribution < 1.29 is 23.4 Å². The highest BCUT2D eigenvalue weighted by molar-refractivity contribution is 5.71. The van der Waals surface area contributed by atoms with E-state index in [1.165, 1.54) is 6.07 Å². The number of rotatable bonds is 8. The van der Waals surface area contributed by atoms with Gasteiger partial charge in [0.05, 0.1) is 0 Å². The Balaban J connectivity index is 1.41. The fraction of sp³-hybridized carbons (Fsp3) is 0.136. The van der Waals surface area contributed by atoms with E-state index in [0.717, 1.165) is 5.56 Å². The van der Waals surface area contributed by atoms with Crippen LogP contribution in [0.1, 0.15) is 11.1 Å². The van der Waals surface area contributed by atoms with Gasteiger partial charge in [-0.05, 0) is 35.9 Å². The zero-order chi connectivity index (χ0) is 18.9. The predicted molar refractivity (Wildman–Crippen MR) is 98.9 cm³/mol. The van der Waals surface area contributed by atoms with E-state index < -0.39 is 11.8 Å². The summed E-state index contributed by atoms with van der Waals surface area (Å²) in [4.78, 5) is 11.7. The Labute approximate surface area is 157 Å². The molecule has 0 N–H and O–H groups in total. The van der Waals surface area contributed by atoms with Crippen LogP contribution in [0.25, 0.3) is 0 Å². The average Bonchev–Trinajstić information content (AvgIpc) is 2.71. The van der Waals surface area contributed by atoms with E-state index in [1.54, 1.807) is 42.5 Å². The quantitative estimate of drug-likeness (QED) is 0.550. The van der Waals surface area contributed by atoms with Crippen LogP contribution < -0.4 is 9.47 Å². The minimum atomic E-state index is -0.567. The number of esters is 1. The second kappa shape index (κ2) is 9.38. The minimum Gasteiger partial charge on any atom is -0.489 e. The van der Waals surface area contributed by atoms with Crippen molar-refractivity contribution in [3.05, 3.63) is 95.8 Å². The van der Waals surface area contributed by atoms with Crippen molar-refractivity contribution in [3.63, 3.8) is 0 Å². The summed E-state index contributed by atoms with van der Waals surface area (Å²) in [5.41, 5.74) is 1.40. The average molecular weight is 366 g/mol. The molecule has 0 bridgehead atoms. The van der Waals surface area contributed by atoms with Gasteiger partial charge in [-0.3, -0.25) is 0 Å². The zero-order valence-electron chi connectivity index (χ0n) is 14.6. The molecule has 0 fully saturated rings. The van der Waals surface area contributed by atoms with E-state index in [4.69, 9.17) is 14.2 Å². The molecule has 3 rings (SSSR count). The van der Waals surface area contributed by atoms with Gasteiger partial charge in [0, 0.05) is 5.56 Å². The summed E-state index contributed by atoms with van der Waals surface area (Å²) in [6.45, 7) is 0.100. The molecule has 3 aromatic rings. The predicted octanol–water partition coefficient (Wildman–Crippen LogP) is 4.53. The summed E-state index contributed by atoms with van der Waals surface area (Å²) >= 11 is 0. The maximum Gasteiger partial charge on any atom is 0.344 e. The lowest BCUT2D eigenvalue weighted by Crippen LogP contribution is -2.15. The van der Waals surface area contributed by atoms with E-state index in [2.05, 4.69) is 0 Å². The summed E-state index contributed by atoms with van der Waals surface area (Å²) in [6, 6.07) is 23.0. The molecule has 0 radical (unpaired) electrons. The summed E-state index contributed by atoms with van der Waals surface area (Å²) in [5.74, 6) is 0.248. The Kier molecular flexibility index (Phi) is 6.41. The van der Waals surface area contributed by atoms with Gasteiger partial charge in [0.2, 0.25) is 0 Å². The van der Waals surface area contributed by atoms with E-state index in [-0.39, 0.29) is 13.2 Å². The Bertz CT molecular complexity index is 863. The van der Waals surface area contributed by atoms with Crippen molar-refractivity contribution in [2.24, 2.45) is 0 Å². The molecule has 138 valence electrons. The first-order chi connectivity index (χ1) is 13.2. The minimum absolute atomic E-state index is 0.124. The van der Waals surface area contributed by atoms with Crippen molar-refractivity contribution in [2.75, 3.05) is 6.61 Å². The molecule has 0 aromatic heterocycles. The van der Waals surface area contributed by atoms with Crippen LogP contribution in [-0.2, 0) is 22.7 Å². The van der Waals surface area contributed by atoms with Gasteiger partial charge < -0.3 is 14.2 Å². The fourth-order valence-electron chi connectivity index (χ4n) is 2.33. The molecule has 0 amide bonds. The number of carbonyl (C=O) groups is 1. The number of benzene rings is 3. The lowest BCUT2D eigenvalue weighted by atomic mass is 10.2. The lowest BCUT2D eigenvalue weighted by molar-refractivity contribution is -0.147. The first kappa shape index (κ1) is 18.5. The highest BCUT2D eigenvalue weighted by Gasteiger charge is 2.07. The van der Waals surface area contributed by atoms with Crippen molar-refractivity contribution in [2.45, 2.75) is 13.2 Å². The molecule has 0 saturated heterocycles. The molecular formula is C22H19FO4. The molecule has 0 saturated carbocycles. The number of hydrogen-bond acceptors (Lipinski definition) is 4. The molecule has 27 heavy (non-hydrogen) atoms. The molecule has 0 spiro atoms. The smallest absolute Gasteiger partial charge is 0.344 e. The van der Waals surface area contributed by atoms with Gasteiger partial charge >= 0.3 is 5.97 Å². The summed E-state index contributed by atoms with van der Waals surface area (Å²) in [5, 5.41) is 0. The molecule has 0 atom stereocenters. The van der Waals surface area contributed by atoms with Crippen molar-refractivity contribution in [1.29, 1.82) is 0 Å². The van der Waals surface area contributed by atoms with Crippen molar-refractivity contribution >= 4 is 5.97 Å². The molecule has 0 unspecified atom stereocenters. The molecule has 0 aliphatic carbocycles. The standard InChI is InChI=1S/C22H19FO4/c23-21-9-5-4-8-18(21)15-27-22(24)16-26-20-12-10-19(11-13-20)25-14-17-6-2-1-3-7-17/h1-13H,14-16H2. The van der Waals surface area contributed by atoms with Crippen LogP contribution in [0.15, 0.2) is 78.9 Å². The molecule has 0 heterocycles. The van der Waals surface area contributed by atoms with Crippen molar-refractivity contribution in [1.82, 2.24) is 0 Å². The zero-order valence-corrected chi connectivity index (χ0v) is 14.6. The molecule has 5 heteroatoms. The molecule has 3 aromatic carbocycles. The Morgan fingerprint density at radius 2 is 1.37 bits per heavy atom. The summed E-state index contributed by atoms with van der Waals surface area (Å²) in [6.07, 6.45) is 0. The van der Waals surface area contributed by atoms with Crippen LogP contribution in [0.3, 0.4) is 0 Å². The Morgan fingerprint density at radius 3 is 2.07 bits per heavy atom. The molecule has 4 nitrogen and oxygen atoms in total. The third kappa shape index (κ3) is 5.85. The van der Waals surface area contributed by atoms with Gasteiger partial charge in [0.1, 0.15) is 30.5 Å². The fourth-order valence-corrected chi connectivity index (χ4v) is 2.33. The largest absolute Gasteiger partial charge is 0.489 e. The van der Waals surface area contributed by atoms with E-state index in [9.17, 15) is 9.18 Å². The lowest BCUT2D eigenvalue weighted by Gasteiger charge is -2.09. The van der Waals surface area contributed by atoms with Gasteiger partial charge in [0.25, 0.3) is 0 Å². The topological polar surface area (TPSA) is 44.8 Å². The summed E-state index contributed by atoms with van der Waals surface area (Å²) < 4.78 is 29.5. The van der Waals surface area contributed by atoms with Crippen LogP contribution in [0.4, 0.5) is 4.39 Å². The maximum atomic E-state index is 13.5. The van der Waals surface area contributed by atoms with Crippen LogP contribution in [0.5, 0.6) is 11.5 Å². The maximum absolute atomic E-state index is 13.5. The van der Waals surface area contributed by atoms with Gasteiger partial charge in [0.15, 0.2) is 6.61 Å². The number of hydrogen-bond donors (Lipinski definition) is 0. The van der Waals surface area contributed by atoms with E-state index in [0.29, 0.717) is 23.7 Å². The SMILES string of the molecule is O=C(COc1ccc(OCc2ccccc2)cc1)OCc1ccccc1F. The first-order valence-electron chi connectivity index (χ1n) is 8.49. The van der Waals surface area contributed by atoms with Crippen LogP contribution >= 0.6 is 0 Å². The van der Waals surface area contributed by atoms with Crippen molar-refractivity contribution in [3.8, 4) is 11.5 Å². The van der Waals surface area contributed by atoms with Gasteiger partial charge in [-0.2, -0.15) is 0 Å². The van der Waals surface area contributed by atoms with Crippen LogP contribution in [0, 0.1) is 5.82 Å². The third-order valence-electron chi connectivity index (χ3n) is 3.78. The van der Waals surface area contributed by atoms with Crippen LogP contribution in [-0.4, -0.2) is 12.6 Å². The number of halogens is 1. The monoisotopic (exact) mass is 366 g/mol. The highest BCUT2D eigenvalue weighted by Crippen LogP contribution is 2.19. The number of ether oxygens (including phenoxy) is 3. The van der Waals surface area contributed by atoms with Gasteiger partial charge in [-0.15, -0.1) is 0 Å². The number of carbonyl (C=O) groups excluding carboxylic acids is 1. The van der Waals surface area contributed by atoms with Crippen LogP contribution in [0.2, 0.25) is 0 Å². The second-order valence-corrected chi connectivity index (χ2v) is 5.79. The Morgan fingerprint density at radius 1 is 0.741 bits per heavy atom. The first-order valence-corrected chi connectivity index (χ1v) is 8.49. The highest BCUT2D eigenvalue weighted by atomic mass is 19.1. The third-order valence-corrected chi connectivity index (χ3v) is 3.78. The normalized spacial score (nSPS) is 10.3. The summed E-state index contributed by atoms with van der Waals surface area (Å²) in [7, 11) is 0. The molecular weight excluding hydrogens is 347 g/mol. The Hall–Kier alpha value is -3.34. The van der Waals surface area contributed by atoms with E-state index in [1.807, 2.05) is 30.3 Å². The van der Waals surface area contributed by atoms with Gasteiger partial charge in [-0.1, -0.05) is 48.5 Å². The second-order valence-electron chi connectivity index (χ2n) is 5.79.